The molecule has 1 N–H and O–H groups in total. The summed E-state index contributed by atoms with van der Waals surface area (Å²) in [5.74, 6) is 0. The molecule has 8 heteroatoms. The van der Waals surface area contributed by atoms with E-state index in [0.29, 0.717) is 28.6 Å². The second kappa shape index (κ2) is 9.13. The first kappa shape index (κ1) is 21.4. The molecule has 31 heavy (non-hydrogen) atoms. The third-order valence-electron chi connectivity index (χ3n) is 5.07. The van der Waals surface area contributed by atoms with Crippen LogP contribution in [0.4, 0.5) is 0 Å². The van der Waals surface area contributed by atoms with Crippen molar-refractivity contribution >= 4 is 31.9 Å². The van der Waals surface area contributed by atoms with E-state index in [9.17, 15) is 12.6 Å². The van der Waals surface area contributed by atoms with Gasteiger partial charge in [0.05, 0.1) is 10.4 Å². The second-order valence-corrected chi connectivity index (χ2v) is 10.2. The molecule has 160 valence electrons. The van der Waals surface area contributed by atoms with E-state index in [0.717, 1.165) is 11.1 Å². The van der Waals surface area contributed by atoms with Gasteiger partial charge in [0.15, 0.2) is 11.0 Å². The fourth-order valence-electron chi connectivity index (χ4n) is 3.53. The molecule has 4 aromatic rings. The van der Waals surface area contributed by atoms with Crippen molar-refractivity contribution in [2.75, 3.05) is 6.54 Å². The molecule has 0 aliphatic carbocycles. The van der Waals surface area contributed by atoms with Gasteiger partial charge in [0.1, 0.15) is 4.90 Å². The van der Waals surface area contributed by atoms with Gasteiger partial charge in [0.2, 0.25) is 10.0 Å². The van der Waals surface area contributed by atoms with Crippen molar-refractivity contribution in [2.45, 2.75) is 29.6 Å². The number of hydrogen-bond acceptors (Lipinski definition) is 4. The first-order chi connectivity index (χ1) is 15.0. The summed E-state index contributed by atoms with van der Waals surface area (Å²) in [5, 5.41) is 0.614. The standard InChI is InChI=1S/C23H23N3O3S2/c1-2-19-9-6-12-21-23(19)22(17-26(21)30(27)20-10-4-3-5-11-20)31(28,29)25-15-13-18-8-7-14-24-16-18/h3-12,14,16-17,25H,2,13,15H2,1H3. The number of rotatable bonds is 8. The van der Waals surface area contributed by atoms with Crippen LogP contribution in [0.2, 0.25) is 0 Å². The predicted molar refractivity (Wildman–Crippen MR) is 123 cm³/mol. The Labute approximate surface area is 184 Å². The Balaban J connectivity index is 1.73. The average molecular weight is 454 g/mol. The Morgan fingerprint density at radius 1 is 1.03 bits per heavy atom. The Bertz CT molecular complexity index is 1320. The highest BCUT2D eigenvalue weighted by molar-refractivity contribution is 7.89. The summed E-state index contributed by atoms with van der Waals surface area (Å²) in [4.78, 5) is 4.81. The number of hydrogen-bond donors (Lipinski definition) is 1. The topological polar surface area (TPSA) is 81.1 Å². The molecular formula is C23H23N3O3S2. The average Bonchev–Trinajstić information content (AvgIpc) is 3.20. The van der Waals surface area contributed by atoms with Crippen LogP contribution in [0.3, 0.4) is 0 Å². The smallest absolute Gasteiger partial charge is 0.242 e. The van der Waals surface area contributed by atoms with Gasteiger partial charge in [-0.1, -0.05) is 43.3 Å². The van der Waals surface area contributed by atoms with Gasteiger partial charge in [-0.05, 0) is 48.2 Å². The number of aromatic nitrogens is 2. The summed E-state index contributed by atoms with van der Waals surface area (Å²) in [7, 11) is -5.38. The van der Waals surface area contributed by atoms with Gasteiger partial charge in [0, 0.05) is 30.5 Å². The maximum atomic E-state index is 13.3. The minimum atomic E-state index is -3.81. The second-order valence-electron chi connectivity index (χ2n) is 7.06. The highest BCUT2D eigenvalue weighted by Crippen LogP contribution is 2.31. The Morgan fingerprint density at radius 3 is 2.55 bits per heavy atom. The van der Waals surface area contributed by atoms with Gasteiger partial charge in [-0.15, -0.1) is 0 Å². The molecule has 0 aliphatic rings. The van der Waals surface area contributed by atoms with E-state index in [4.69, 9.17) is 0 Å². The lowest BCUT2D eigenvalue weighted by atomic mass is 10.1. The number of pyridine rings is 1. The fourth-order valence-corrected chi connectivity index (χ4v) is 6.03. The van der Waals surface area contributed by atoms with E-state index in [1.165, 1.54) is 6.20 Å². The molecule has 0 fully saturated rings. The van der Waals surface area contributed by atoms with Gasteiger partial charge in [-0.3, -0.25) is 8.96 Å². The molecule has 2 heterocycles. The summed E-state index contributed by atoms with van der Waals surface area (Å²) in [6.45, 7) is 2.23. The SMILES string of the molecule is CCc1cccc2c1c(S(=O)(=O)NCCc1cccnc1)cn2S(=O)c1ccccc1. The normalized spacial score (nSPS) is 12.8. The molecular weight excluding hydrogens is 430 g/mol. The first-order valence-corrected chi connectivity index (χ1v) is 12.6. The van der Waals surface area contributed by atoms with Gasteiger partial charge in [-0.2, -0.15) is 0 Å². The molecule has 0 amide bonds. The van der Waals surface area contributed by atoms with Crippen molar-refractivity contribution in [3.63, 3.8) is 0 Å². The van der Waals surface area contributed by atoms with Gasteiger partial charge >= 0.3 is 0 Å². The van der Waals surface area contributed by atoms with Gasteiger partial charge < -0.3 is 0 Å². The largest absolute Gasteiger partial charge is 0.264 e. The maximum absolute atomic E-state index is 13.3. The van der Waals surface area contributed by atoms with Crippen LogP contribution < -0.4 is 4.72 Å². The van der Waals surface area contributed by atoms with Crippen LogP contribution >= 0.6 is 0 Å². The summed E-state index contributed by atoms with van der Waals surface area (Å²) < 4.78 is 44.0. The number of nitrogens with one attached hydrogen (secondary N) is 1. The van der Waals surface area contributed by atoms with E-state index < -0.39 is 21.0 Å². The zero-order valence-corrected chi connectivity index (χ0v) is 18.7. The van der Waals surface area contributed by atoms with Crippen molar-refractivity contribution in [1.29, 1.82) is 0 Å². The molecule has 6 nitrogen and oxygen atoms in total. The quantitative estimate of drug-likeness (QED) is 0.441. The lowest BCUT2D eigenvalue weighted by Gasteiger charge is -2.07. The van der Waals surface area contributed by atoms with Gasteiger partial charge in [0.25, 0.3) is 0 Å². The number of sulfonamides is 1. The highest BCUT2D eigenvalue weighted by atomic mass is 32.2. The lowest BCUT2D eigenvalue weighted by molar-refractivity contribution is 0.582. The van der Waals surface area contributed by atoms with E-state index in [1.54, 1.807) is 28.5 Å². The third-order valence-corrected chi connectivity index (χ3v) is 7.88. The lowest BCUT2D eigenvalue weighted by Crippen LogP contribution is -2.26. The van der Waals surface area contributed by atoms with Crippen molar-refractivity contribution in [1.82, 2.24) is 13.7 Å². The summed E-state index contributed by atoms with van der Waals surface area (Å²) in [5.41, 5.74) is 2.48. The van der Waals surface area contributed by atoms with Crippen molar-refractivity contribution in [3.05, 3.63) is 90.4 Å². The molecule has 0 saturated carbocycles. The monoisotopic (exact) mass is 453 g/mol. The molecule has 1 atom stereocenters. The Kier molecular flexibility index (Phi) is 6.31. The number of nitrogens with zero attached hydrogens (tertiary/aromatic N) is 2. The summed E-state index contributed by atoms with van der Waals surface area (Å²) in [6.07, 6.45) is 6.08. The van der Waals surface area contributed by atoms with Crippen LogP contribution in [0.1, 0.15) is 18.1 Å². The summed E-state index contributed by atoms with van der Waals surface area (Å²) in [6, 6.07) is 18.3. The first-order valence-electron chi connectivity index (χ1n) is 10.00. The van der Waals surface area contributed by atoms with Gasteiger partial charge in [-0.25, -0.2) is 17.3 Å². The van der Waals surface area contributed by atoms with Crippen LogP contribution in [0.5, 0.6) is 0 Å². The van der Waals surface area contributed by atoms with E-state index in [-0.39, 0.29) is 11.4 Å². The van der Waals surface area contributed by atoms with Crippen LogP contribution in [0.15, 0.2) is 89.0 Å². The highest BCUT2D eigenvalue weighted by Gasteiger charge is 2.24. The Hall–Kier alpha value is -2.81. The molecule has 2 aromatic carbocycles. The minimum absolute atomic E-state index is 0.149. The molecule has 0 saturated heterocycles. The van der Waals surface area contributed by atoms with E-state index in [2.05, 4.69) is 9.71 Å². The minimum Gasteiger partial charge on any atom is -0.264 e. The van der Waals surface area contributed by atoms with Crippen molar-refractivity contribution in [3.8, 4) is 0 Å². The molecule has 0 radical (unpaired) electrons. The number of benzene rings is 2. The predicted octanol–water partition coefficient (Wildman–Crippen LogP) is 3.69. The number of aryl methyl sites for hydroxylation is 1. The molecule has 0 bridgehead atoms. The third kappa shape index (κ3) is 4.46. The van der Waals surface area contributed by atoms with E-state index >= 15 is 0 Å². The van der Waals surface area contributed by atoms with Crippen molar-refractivity contribution in [2.24, 2.45) is 0 Å². The van der Waals surface area contributed by atoms with Crippen LogP contribution in [0, 0.1) is 0 Å². The van der Waals surface area contributed by atoms with E-state index in [1.807, 2.05) is 55.5 Å². The number of fused-ring (bicyclic) bond motifs is 1. The maximum Gasteiger partial charge on any atom is 0.242 e. The fraction of sp³-hybridized carbons (Fsp3) is 0.174. The van der Waals surface area contributed by atoms with Crippen LogP contribution in [-0.4, -0.2) is 28.1 Å². The van der Waals surface area contributed by atoms with Crippen LogP contribution in [-0.2, 0) is 33.9 Å². The summed E-state index contributed by atoms with van der Waals surface area (Å²) >= 11 is 0. The molecule has 4 rings (SSSR count). The molecule has 0 aliphatic heterocycles. The Morgan fingerprint density at radius 2 is 1.84 bits per heavy atom. The zero-order chi connectivity index (χ0) is 21.8. The molecule has 2 aromatic heterocycles. The molecule has 1 unspecified atom stereocenters. The molecule has 0 spiro atoms. The zero-order valence-electron chi connectivity index (χ0n) is 17.1. The van der Waals surface area contributed by atoms with Crippen LogP contribution in [0.25, 0.3) is 10.9 Å². The van der Waals surface area contributed by atoms with Crippen molar-refractivity contribution < 1.29 is 12.6 Å².